The van der Waals surface area contributed by atoms with Gasteiger partial charge in [0, 0.05) is 19.3 Å². The molecule has 2 N–H and O–H groups in total. The van der Waals surface area contributed by atoms with E-state index in [2.05, 4.69) is 35.9 Å². The van der Waals surface area contributed by atoms with Crippen molar-refractivity contribution in [3.05, 3.63) is 12.4 Å². The second kappa shape index (κ2) is 6.46. The minimum absolute atomic E-state index is 0.254. The molecule has 21 heavy (non-hydrogen) atoms. The summed E-state index contributed by atoms with van der Waals surface area (Å²) in [4.78, 5) is 0.254. The van der Waals surface area contributed by atoms with Crippen molar-refractivity contribution in [2.45, 2.75) is 45.1 Å². The zero-order valence-electron chi connectivity index (χ0n) is 13.1. The number of hydrogen-bond acceptors (Lipinski definition) is 4. The SMILES string of the molecule is CCNCCCn1cc(S(=O)(=O)NCC2CC2(C)C)cn1. The van der Waals surface area contributed by atoms with E-state index in [4.69, 9.17) is 0 Å². The molecule has 1 aliphatic carbocycles. The molecule has 7 heteroatoms. The first kappa shape index (κ1) is 16.5. The number of nitrogens with one attached hydrogen (secondary N) is 2. The number of sulfonamides is 1. The van der Waals surface area contributed by atoms with Gasteiger partial charge in [-0.1, -0.05) is 20.8 Å². The fourth-order valence-electron chi connectivity index (χ4n) is 2.37. The molecule has 1 saturated carbocycles. The standard InChI is InChI=1S/C14H26N4O2S/c1-4-15-6-5-7-18-11-13(10-16-18)21(19,20)17-9-12-8-14(12,2)3/h10-12,15,17H,4-9H2,1-3H3. The summed E-state index contributed by atoms with van der Waals surface area (Å²) in [5, 5.41) is 7.35. The summed E-state index contributed by atoms with van der Waals surface area (Å²) in [6.07, 6.45) is 5.04. The van der Waals surface area contributed by atoms with Crippen LogP contribution in [0.4, 0.5) is 0 Å². The largest absolute Gasteiger partial charge is 0.317 e. The van der Waals surface area contributed by atoms with Crippen LogP contribution in [0.1, 0.15) is 33.6 Å². The molecule has 1 aromatic heterocycles. The number of aromatic nitrogens is 2. The maximum Gasteiger partial charge on any atom is 0.243 e. The monoisotopic (exact) mass is 314 g/mol. The summed E-state index contributed by atoms with van der Waals surface area (Å²) in [7, 11) is -3.43. The highest BCUT2D eigenvalue weighted by molar-refractivity contribution is 7.89. The molecule has 0 radical (unpaired) electrons. The fraction of sp³-hybridized carbons (Fsp3) is 0.786. The third kappa shape index (κ3) is 4.52. The number of nitrogens with zero attached hydrogens (tertiary/aromatic N) is 2. The van der Waals surface area contributed by atoms with Gasteiger partial charge in [-0.2, -0.15) is 5.10 Å². The molecule has 1 fully saturated rings. The maximum absolute atomic E-state index is 12.2. The smallest absolute Gasteiger partial charge is 0.243 e. The van der Waals surface area contributed by atoms with E-state index in [-0.39, 0.29) is 10.3 Å². The minimum atomic E-state index is -3.43. The first-order valence-corrected chi connectivity index (χ1v) is 9.06. The summed E-state index contributed by atoms with van der Waals surface area (Å²) < 4.78 is 28.8. The van der Waals surface area contributed by atoms with Crippen LogP contribution in [-0.4, -0.2) is 37.8 Å². The van der Waals surface area contributed by atoms with E-state index >= 15 is 0 Å². The van der Waals surface area contributed by atoms with Crippen molar-refractivity contribution in [2.75, 3.05) is 19.6 Å². The van der Waals surface area contributed by atoms with Crippen LogP contribution in [-0.2, 0) is 16.6 Å². The molecule has 120 valence electrons. The van der Waals surface area contributed by atoms with Gasteiger partial charge in [0.05, 0.1) is 6.20 Å². The summed E-state index contributed by atoms with van der Waals surface area (Å²) in [6, 6.07) is 0. The zero-order chi connectivity index (χ0) is 15.5. The molecule has 1 unspecified atom stereocenters. The zero-order valence-corrected chi connectivity index (χ0v) is 13.9. The van der Waals surface area contributed by atoms with Gasteiger partial charge in [-0.05, 0) is 37.3 Å². The predicted molar refractivity (Wildman–Crippen MR) is 82.5 cm³/mol. The molecule has 0 aromatic carbocycles. The molecule has 0 saturated heterocycles. The Labute approximate surface area is 127 Å². The lowest BCUT2D eigenvalue weighted by molar-refractivity contribution is 0.536. The lowest BCUT2D eigenvalue weighted by Crippen LogP contribution is -2.26. The topological polar surface area (TPSA) is 76.0 Å². The molecule has 1 heterocycles. The van der Waals surface area contributed by atoms with E-state index in [0.29, 0.717) is 12.5 Å². The first-order valence-electron chi connectivity index (χ1n) is 7.58. The Morgan fingerprint density at radius 2 is 2.19 bits per heavy atom. The van der Waals surface area contributed by atoms with Crippen LogP contribution >= 0.6 is 0 Å². The molecule has 0 amide bonds. The Morgan fingerprint density at radius 3 is 2.81 bits per heavy atom. The van der Waals surface area contributed by atoms with E-state index in [0.717, 1.165) is 32.5 Å². The molecule has 0 aliphatic heterocycles. The highest BCUT2D eigenvalue weighted by atomic mass is 32.2. The molecule has 0 bridgehead atoms. The van der Waals surface area contributed by atoms with Crippen LogP contribution in [0.3, 0.4) is 0 Å². The van der Waals surface area contributed by atoms with Crippen LogP contribution in [0, 0.1) is 11.3 Å². The molecule has 0 spiro atoms. The molecular formula is C14H26N4O2S. The Balaban J connectivity index is 1.84. The molecule has 1 aliphatic rings. The Kier molecular flexibility index (Phi) is 5.06. The van der Waals surface area contributed by atoms with Crippen LogP contribution < -0.4 is 10.0 Å². The number of rotatable bonds is 9. The fourth-order valence-corrected chi connectivity index (χ4v) is 3.40. The minimum Gasteiger partial charge on any atom is -0.317 e. The van der Waals surface area contributed by atoms with Gasteiger partial charge in [-0.3, -0.25) is 4.68 Å². The van der Waals surface area contributed by atoms with Crippen molar-refractivity contribution in [1.82, 2.24) is 19.8 Å². The van der Waals surface area contributed by atoms with Gasteiger partial charge in [0.15, 0.2) is 0 Å². The lowest BCUT2D eigenvalue weighted by atomic mass is 10.1. The van der Waals surface area contributed by atoms with Crippen molar-refractivity contribution < 1.29 is 8.42 Å². The van der Waals surface area contributed by atoms with Gasteiger partial charge in [0.2, 0.25) is 10.0 Å². The van der Waals surface area contributed by atoms with Gasteiger partial charge in [-0.25, -0.2) is 13.1 Å². The average Bonchev–Trinajstić information content (AvgIpc) is 2.84. The second-order valence-electron chi connectivity index (χ2n) is 6.39. The summed E-state index contributed by atoms with van der Waals surface area (Å²) >= 11 is 0. The quantitative estimate of drug-likeness (QED) is 0.672. The summed E-state index contributed by atoms with van der Waals surface area (Å²) in [5.41, 5.74) is 0.277. The van der Waals surface area contributed by atoms with Crippen molar-refractivity contribution in [2.24, 2.45) is 11.3 Å². The van der Waals surface area contributed by atoms with Gasteiger partial charge in [0.1, 0.15) is 4.90 Å². The van der Waals surface area contributed by atoms with Crippen LogP contribution in [0.2, 0.25) is 0 Å². The molecule has 6 nitrogen and oxygen atoms in total. The Hall–Kier alpha value is -0.920. The van der Waals surface area contributed by atoms with Crippen molar-refractivity contribution in [1.29, 1.82) is 0 Å². The highest BCUT2D eigenvalue weighted by Gasteiger charge is 2.45. The van der Waals surface area contributed by atoms with Crippen molar-refractivity contribution in [3.8, 4) is 0 Å². The summed E-state index contributed by atoms with van der Waals surface area (Å²) in [6.45, 7) is 9.47. The third-order valence-electron chi connectivity index (χ3n) is 4.15. The highest BCUT2D eigenvalue weighted by Crippen LogP contribution is 2.51. The Bertz CT molecular complexity index is 565. The Morgan fingerprint density at radius 1 is 1.48 bits per heavy atom. The van der Waals surface area contributed by atoms with Gasteiger partial charge < -0.3 is 5.32 Å². The van der Waals surface area contributed by atoms with E-state index in [1.807, 2.05) is 0 Å². The van der Waals surface area contributed by atoms with E-state index in [1.54, 1.807) is 10.9 Å². The van der Waals surface area contributed by atoms with E-state index in [9.17, 15) is 8.42 Å². The van der Waals surface area contributed by atoms with Crippen LogP contribution in [0.5, 0.6) is 0 Å². The molecule has 1 atom stereocenters. The van der Waals surface area contributed by atoms with Crippen molar-refractivity contribution in [3.63, 3.8) is 0 Å². The van der Waals surface area contributed by atoms with Gasteiger partial charge >= 0.3 is 0 Å². The van der Waals surface area contributed by atoms with Crippen LogP contribution in [0.25, 0.3) is 0 Å². The van der Waals surface area contributed by atoms with E-state index < -0.39 is 10.0 Å². The third-order valence-corrected chi connectivity index (χ3v) is 5.53. The average molecular weight is 314 g/mol. The second-order valence-corrected chi connectivity index (χ2v) is 8.15. The maximum atomic E-state index is 12.2. The van der Waals surface area contributed by atoms with Crippen LogP contribution in [0.15, 0.2) is 17.3 Å². The summed E-state index contributed by atoms with van der Waals surface area (Å²) in [5.74, 6) is 0.447. The van der Waals surface area contributed by atoms with Crippen molar-refractivity contribution >= 4 is 10.0 Å². The van der Waals surface area contributed by atoms with Gasteiger partial charge in [-0.15, -0.1) is 0 Å². The normalized spacial score (nSPS) is 20.6. The molecule has 1 aromatic rings. The van der Waals surface area contributed by atoms with E-state index in [1.165, 1.54) is 6.20 Å². The number of hydrogen-bond donors (Lipinski definition) is 2. The number of aryl methyl sites for hydroxylation is 1. The first-order chi connectivity index (χ1) is 9.85. The predicted octanol–water partition coefficient (Wildman–Crippen LogP) is 1.21. The lowest BCUT2D eigenvalue weighted by Gasteiger charge is -2.06. The van der Waals surface area contributed by atoms with Gasteiger partial charge in [0.25, 0.3) is 0 Å². The molecular weight excluding hydrogens is 288 g/mol. The molecule has 2 rings (SSSR count).